The van der Waals surface area contributed by atoms with E-state index in [-0.39, 0.29) is 6.04 Å². The van der Waals surface area contributed by atoms with E-state index in [1.165, 1.54) is 0 Å². The van der Waals surface area contributed by atoms with E-state index in [0.29, 0.717) is 0 Å². The standard InChI is InChI=1S/C21H19F3N2OS/c1-12-5-7-14(8-6-12)20(17-4-3-11-28-17)25-13(2)21(27)26-16-10-9-15(22)18(23)19(16)24/h3-11,13,20,25H,1-2H3,(H,26,27)/t13-,20+/m1/s1. The number of carbonyl (C=O) groups is 1. The average Bonchev–Trinajstić information content (AvgIpc) is 3.21. The van der Waals surface area contributed by atoms with E-state index in [2.05, 4.69) is 10.6 Å². The Kier molecular flexibility index (Phi) is 6.16. The van der Waals surface area contributed by atoms with Crippen LogP contribution in [0.1, 0.15) is 29.0 Å². The highest BCUT2D eigenvalue weighted by Gasteiger charge is 2.23. The van der Waals surface area contributed by atoms with Crippen LogP contribution in [0.5, 0.6) is 0 Å². The lowest BCUT2D eigenvalue weighted by Gasteiger charge is -2.23. The molecule has 1 aromatic heterocycles. The number of rotatable bonds is 6. The Labute approximate surface area is 165 Å². The summed E-state index contributed by atoms with van der Waals surface area (Å²) in [6.07, 6.45) is 0. The molecule has 3 rings (SSSR count). The highest BCUT2D eigenvalue weighted by Crippen LogP contribution is 2.27. The minimum Gasteiger partial charge on any atom is -0.322 e. The maximum Gasteiger partial charge on any atom is 0.241 e. The van der Waals surface area contributed by atoms with Gasteiger partial charge in [0.25, 0.3) is 0 Å². The first-order chi connectivity index (χ1) is 13.4. The number of hydrogen-bond acceptors (Lipinski definition) is 3. The molecule has 1 amide bonds. The van der Waals surface area contributed by atoms with Gasteiger partial charge < -0.3 is 5.32 Å². The molecule has 2 atom stereocenters. The molecule has 146 valence electrons. The zero-order chi connectivity index (χ0) is 20.3. The summed E-state index contributed by atoms with van der Waals surface area (Å²) in [5.41, 5.74) is 1.69. The van der Waals surface area contributed by atoms with Crippen molar-refractivity contribution in [1.82, 2.24) is 5.32 Å². The molecule has 0 aliphatic carbocycles. The van der Waals surface area contributed by atoms with Gasteiger partial charge in [0.2, 0.25) is 5.91 Å². The molecule has 2 N–H and O–H groups in total. The fourth-order valence-electron chi connectivity index (χ4n) is 2.75. The number of amides is 1. The van der Waals surface area contributed by atoms with Crippen LogP contribution in [0.2, 0.25) is 0 Å². The van der Waals surface area contributed by atoms with E-state index in [4.69, 9.17) is 0 Å². The highest BCUT2D eigenvalue weighted by atomic mass is 32.1. The lowest BCUT2D eigenvalue weighted by Crippen LogP contribution is -2.40. The Morgan fingerprint density at radius 3 is 2.36 bits per heavy atom. The normalized spacial score (nSPS) is 13.2. The predicted molar refractivity (Wildman–Crippen MR) is 105 cm³/mol. The zero-order valence-electron chi connectivity index (χ0n) is 15.3. The van der Waals surface area contributed by atoms with Gasteiger partial charge in [-0.3, -0.25) is 10.1 Å². The number of anilines is 1. The highest BCUT2D eigenvalue weighted by molar-refractivity contribution is 7.10. The van der Waals surface area contributed by atoms with Crippen molar-refractivity contribution in [2.75, 3.05) is 5.32 Å². The first kappa shape index (κ1) is 20.1. The van der Waals surface area contributed by atoms with Crippen LogP contribution >= 0.6 is 11.3 Å². The SMILES string of the molecule is Cc1ccc([C@H](N[C@H](C)C(=O)Nc2ccc(F)c(F)c2F)c2cccs2)cc1. The molecule has 3 aromatic rings. The summed E-state index contributed by atoms with van der Waals surface area (Å²) in [5, 5.41) is 7.48. The van der Waals surface area contributed by atoms with E-state index in [1.807, 2.05) is 48.7 Å². The smallest absolute Gasteiger partial charge is 0.241 e. The van der Waals surface area contributed by atoms with Gasteiger partial charge in [-0.05, 0) is 43.0 Å². The Balaban J connectivity index is 1.78. The molecule has 0 aliphatic rings. The third-order valence-electron chi connectivity index (χ3n) is 4.34. The molecule has 0 saturated heterocycles. The minimum atomic E-state index is -1.62. The molecule has 0 spiro atoms. The van der Waals surface area contributed by atoms with Gasteiger partial charge in [0.1, 0.15) is 0 Å². The average molecular weight is 404 g/mol. The van der Waals surface area contributed by atoms with Crippen LogP contribution in [0.3, 0.4) is 0 Å². The van der Waals surface area contributed by atoms with Crippen LogP contribution in [0.25, 0.3) is 0 Å². The third-order valence-corrected chi connectivity index (χ3v) is 5.28. The summed E-state index contributed by atoms with van der Waals surface area (Å²) in [6, 6.07) is 12.6. The summed E-state index contributed by atoms with van der Waals surface area (Å²) < 4.78 is 40.3. The number of aryl methyl sites for hydroxylation is 1. The summed E-state index contributed by atoms with van der Waals surface area (Å²) in [7, 11) is 0. The van der Waals surface area contributed by atoms with Crippen molar-refractivity contribution in [2.45, 2.75) is 25.9 Å². The summed E-state index contributed by atoms with van der Waals surface area (Å²) in [5.74, 6) is -4.90. The second-order valence-electron chi connectivity index (χ2n) is 6.46. The summed E-state index contributed by atoms with van der Waals surface area (Å²) >= 11 is 1.55. The van der Waals surface area contributed by atoms with Crippen LogP contribution < -0.4 is 10.6 Å². The van der Waals surface area contributed by atoms with E-state index in [0.717, 1.165) is 28.1 Å². The van der Waals surface area contributed by atoms with Crippen LogP contribution in [-0.2, 0) is 4.79 Å². The Morgan fingerprint density at radius 1 is 1.00 bits per heavy atom. The number of benzene rings is 2. The lowest BCUT2D eigenvalue weighted by atomic mass is 10.0. The molecule has 1 heterocycles. The molecule has 2 aromatic carbocycles. The first-order valence-corrected chi connectivity index (χ1v) is 9.55. The Hall–Kier alpha value is -2.64. The molecular weight excluding hydrogens is 385 g/mol. The number of thiophene rings is 1. The topological polar surface area (TPSA) is 41.1 Å². The predicted octanol–water partition coefficient (Wildman–Crippen LogP) is 5.18. The Morgan fingerprint density at radius 2 is 1.71 bits per heavy atom. The molecule has 0 aliphatic heterocycles. The molecule has 7 heteroatoms. The number of halogens is 3. The fraction of sp³-hybridized carbons (Fsp3) is 0.190. The van der Waals surface area contributed by atoms with E-state index in [1.54, 1.807) is 18.3 Å². The molecule has 0 radical (unpaired) electrons. The number of nitrogens with one attached hydrogen (secondary N) is 2. The largest absolute Gasteiger partial charge is 0.322 e. The van der Waals surface area contributed by atoms with Gasteiger partial charge in [-0.2, -0.15) is 0 Å². The van der Waals surface area contributed by atoms with Crippen molar-refractivity contribution in [1.29, 1.82) is 0 Å². The second-order valence-corrected chi connectivity index (χ2v) is 7.44. The first-order valence-electron chi connectivity index (χ1n) is 8.67. The van der Waals surface area contributed by atoms with E-state index >= 15 is 0 Å². The van der Waals surface area contributed by atoms with Crippen molar-refractivity contribution in [3.05, 3.63) is 87.4 Å². The molecule has 0 saturated carbocycles. The molecule has 0 fully saturated rings. The van der Waals surface area contributed by atoms with Crippen LogP contribution in [0, 0.1) is 24.4 Å². The lowest BCUT2D eigenvalue weighted by molar-refractivity contribution is -0.117. The van der Waals surface area contributed by atoms with E-state index in [9.17, 15) is 18.0 Å². The van der Waals surface area contributed by atoms with Crippen molar-refractivity contribution in [2.24, 2.45) is 0 Å². The van der Waals surface area contributed by atoms with Gasteiger partial charge >= 0.3 is 0 Å². The molecule has 0 bridgehead atoms. The van der Waals surface area contributed by atoms with Gasteiger partial charge in [-0.1, -0.05) is 35.9 Å². The monoisotopic (exact) mass is 404 g/mol. The fourth-order valence-corrected chi connectivity index (χ4v) is 3.56. The third kappa shape index (κ3) is 4.43. The van der Waals surface area contributed by atoms with Crippen molar-refractivity contribution in [3.63, 3.8) is 0 Å². The molecule has 0 unspecified atom stereocenters. The van der Waals surface area contributed by atoms with E-state index < -0.39 is 35.1 Å². The molecule has 3 nitrogen and oxygen atoms in total. The zero-order valence-corrected chi connectivity index (χ0v) is 16.1. The van der Waals surface area contributed by atoms with Crippen molar-refractivity contribution in [3.8, 4) is 0 Å². The van der Waals surface area contributed by atoms with Gasteiger partial charge in [0.05, 0.1) is 17.8 Å². The molecule has 28 heavy (non-hydrogen) atoms. The van der Waals surface area contributed by atoms with Gasteiger partial charge in [0, 0.05) is 4.88 Å². The van der Waals surface area contributed by atoms with Crippen LogP contribution in [-0.4, -0.2) is 11.9 Å². The summed E-state index contributed by atoms with van der Waals surface area (Å²) in [4.78, 5) is 13.5. The van der Waals surface area contributed by atoms with Gasteiger partial charge in [-0.15, -0.1) is 11.3 Å². The van der Waals surface area contributed by atoms with Crippen molar-refractivity contribution >= 4 is 22.9 Å². The maximum atomic E-state index is 13.8. The minimum absolute atomic E-state index is 0.240. The number of carbonyl (C=O) groups excluding carboxylic acids is 1. The van der Waals surface area contributed by atoms with Crippen LogP contribution in [0.15, 0.2) is 53.9 Å². The molecular formula is C21H19F3N2OS. The Bertz CT molecular complexity index is 959. The van der Waals surface area contributed by atoms with Gasteiger partial charge in [-0.25, -0.2) is 13.2 Å². The van der Waals surface area contributed by atoms with Crippen molar-refractivity contribution < 1.29 is 18.0 Å². The number of hydrogen-bond donors (Lipinski definition) is 2. The van der Waals surface area contributed by atoms with Crippen LogP contribution in [0.4, 0.5) is 18.9 Å². The quantitative estimate of drug-likeness (QED) is 0.556. The van der Waals surface area contributed by atoms with Gasteiger partial charge in [0.15, 0.2) is 17.5 Å². The maximum absolute atomic E-state index is 13.8. The summed E-state index contributed by atoms with van der Waals surface area (Å²) in [6.45, 7) is 3.62. The second kappa shape index (κ2) is 8.58.